The zero-order chi connectivity index (χ0) is 18.2. The van der Waals surface area contributed by atoms with Crippen molar-refractivity contribution in [2.45, 2.75) is 0 Å². The first-order valence-corrected chi connectivity index (χ1v) is 8.39. The lowest BCUT2D eigenvalue weighted by atomic mass is 10.3. The zero-order valence-corrected chi connectivity index (χ0v) is 14.1. The summed E-state index contributed by atoms with van der Waals surface area (Å²) in [5, 5.41) is 3.78. The van der Waals surface area contributed by atoms with Gasteiger partial charge in [-0.2, -0.15) is 0 Å². The summed E-state index contributed by atoms with van der Waals surface area (Å²) in [7, 11) is 0. The number of rotatable bonds is 1. The van der Waals surface area contributed by atoms with Gasteiger partial charge in [-0.15, -0.1) is 0 Å². The first-order valence-electron chi connectivity index (χ1n) is 8.39. The van der Waals surface area contributed by atoms with Crippen LogP contribution in [0.2, 0.25) is 0 Å². The van der Waals surface area contributed by atoms with Crippen LogP contribution in [0.15, 0.2) is 47.6 Å². The van der Waals surface area contributed by atoms with Crippen LogP contribution < -0.4 is 0 Å². The smallest absolute Gasteiger partial charge is 0.0658 e. The molecule has 2 aliphatic heterocycles. The molecule has 27 heavy (non-hydrogen) atoms. The van der Waals surface area contributed by atoms with Gasteiger partial charge in [0.1, 0.15) is 0 Å². The number of hydrogen-bond donors (Lipinski definition) is 2. The summed E-state index contributed by atoms with van der Waals surface area (Å²) in [5.74, 6) is 0. The monoisotopic (exact) mass is 351 g/mol. The van der Waals surface area contributed by atoms with Gasteiger partial charge in [-0.05, 0) is 72.3 Å². The average Bonchev–Trinajstić information content (AvgIpc) is 3.41. The number of azide groups is 1. The Labute approximate surface area is 153 Å². The predicted molar refractivity (Wildman–Crippen MR) is 108 cm³/mol. The summed E-state index contributed by atoms with van der Waals surface area (Å²) in [6, 6.07) is 13.6. The van der Waals surface area contributed by atoms with E-state index < -0.39 is 0 Å². The maximum absolute atomic E-state index is 8.85. The van der Waals surface area contributed by atoms with Gasteiger partial charge in [0, 0.05) is 21.5 Å². The van der Waals surface area contributed by atoms with Gasteiger partial charge in [0.25, 0.3) is 0 Å². The standard InChI is InChI=1S/C20H13N7/c21-27-26-20-11-18-9-16-4-3-14(23-16)7-12-1-2-13(22-12)8-15-5-6-17(24-15)10-19(20)25-18/h1-11,22,25H. The van der Waals surface area contributed by atoms with Crippen LogP contribution in [0.5, 0.6) is 0 Å². The number of aromatic nitrogens is 4. The van der Waals surface area contributed by atoms with Crippen LogP contribution in [-0.2, 0) is 0 Å². The number of fused-ring (bicyclic) bond motifs is 8. The molecule has 5 heterocycles. The van der Waals surface area contributed by atoms with Crippen LogP contribution in [0.25, 0.3) is 56.8 Å². The number of hydrogen-bond acceptors (Lipinski definition) is 3. The fourth-order valence-electron chi connectivity index (χ4n) is 3.13. The molecular formula is C20H13N7. The molecule has 0 aromatic carbocycles. The minimum absolute atomic E-state index is 0.522. The predicted octanol–water partition coefficient (Wildman–Crippen LogP) is 5.60. The van der Waals surface area contributed by atoms with Crippen molar-refractivity contribution in [2.24, 2.45) is 5.11 Å². The Morgan fingerprint density at radius 1 is 0.704 bits per heavy atom. The molecule has 7 nitrogen and oxygen atoms in total. The molecule has 0 saturated carbocycles. The molecule has 5 rings (SSSR count). The summed E-state index contributed by atoms with van der Waals surface area (Å²) in [6.07, 6.45) is 7.78. The molecule has 0 amide bonds. The molecule has 0 unspecified atom stereocenters. The average molecular weight is 351 g/mol. The van der Waals surface area contributed by atoms with E-state index in [1.807, 2.05) is 60.7 Å². The van der Waals surface area contributed by atoms with E-state index in [9.17, 15) is 0 Å². The fraction of sp³-hybridized carbons (Fsp3) is 0. The summed E-state index contributed by atoms with van der Waals surface area (Å²) < 4.78 is 0. The first kappa shape index (κ1) is 15.2. The molecule has 0 aliphatic carbocycles. The highest BCUT2D eigenvalue weighted by Gasteiger charge is 2.04. The second-order valence-electron chi connectivity index (χ2n) is 6.25. The Kier molecular flexibility index (Phi) is 3.38. The largest absolute Gasteiger partial charge is 0.355 e. The van der Waals surface area contributed by atoms with Crippen LogP contribution in [0.4, 0.5) is 5.69 Å². The highest BCUT2D eigenvalue weighted by Crippen LogP contribution is 2.24. The van der Waals surface area contributed by atoms with Crippen LogP contribution in [0.1, 0.15) is 22.8 Å². The van der Waals surface area contributed by atoms with E-state index in [-0.39, 0.29) is 0 Å². The highest BCUT2D eigenvalue weighted by molar-refractivity contribution is 5.82. The van der Waals surface area contributed by atoms with E-state index in [0.29, 0.717) is 11.2 Å². The Bertz CT molecular complexity index is 1330. The number of aromatic amines is 2. The molecule has 0 spiro atoms. The van der Waals surface area contributed by atoms with Gasteiger partial charge in [0.2, 0.25) is 0 Å². The maximum atomic E-state index is 8.85. The second-order valence-corrected chi connectivity index (χ2v) is 6.25. The lowest BCUT2D eigenvalue weighted by molar-refractivity contribution is 1.31. The summed E-state index contributed by atoms with van der Waals surface area (Å²) in [5.41, 5.74) is 16.1. The van der Waals surface area contributed by atoms with Gasteiger partial charge in [-0.25, -0.2) is 9.97 Å². The van der Waals surface area contributed by atoms with Gasteiger partial charge in [0.05, 0.1) is 34.0 Å². The third-order valence-electron chi connectivity index (χ3n) is 4.30. The van der Waals surface area contributed by atoms with Crippen molar-refractivity contribution in [3.8, 4) is 0 Å². The Hall–Kier alpha value is -4.09. The van der Waals surface area contributed by atoms with Crippen molar-refractivity contribution in [1.82, 2.24) is 19.9 Å². The molecule has 2 N–H and O–H groups in total. The molecule has 7 heteroatoms. The van der Waals surface area contributed by atoms with Crippen molar-refractivity contribution < 1.29 is 0 Å². The quantitative estimate of drug-likeness (QED) is 0.233. The van der Waals surface area contributed by atoms with Crippen molar-refractivity contribution >= 4 is 52.1 Å². The van der Waals surface area contributed by atoms with Crippen molar-refractivity contribution in [3.05, 3.63) is 75.7 Å². The van der Waals surface area contributed by atoms with E-state index >= 15 is 0 Å². The molecule has 128 valence electrons. The topological polar surface area (TPSA) is 106 Å². The van der Waals surface area contributed by atoms with Gasteiger partial charge < -0.3 is 9.97 Å². The molecule has 0 radical (unpaired) electrons. The highest BCUT2D eigenvalue weighted by atomic mass is 15.1. The molecule has 2 aliphatic rings. The first-order chi connectivity index (χ1) is 13.2. The Morgan fingerprint density at radius 2 is 1.26 bits per heavy atom. The molecule has 3 aromatic heterocycles. The Balaban J connectivity index is 1.87. The lowest BCUT2D eigenvalue weighted by Crippen LogP contribution is -1.75. The van der Waals surface area contributed by atoms with Crippen molar-refractivity contribution in [2.75, 3.05) is 0 Å². The maximum Gasteiger partial charge on any atom is 0.0658 e. The van der Waals surface area contributed by atoms with E-state index in [2.05, 4.69) is 30.0 Å². The van der Waals surface area contributed by atoms with Crippen molar-refractivity contribution in [1.29, 1.82) is 0 Å². The SMILES string of the molecule is [N-]=[N+]=Nc1cc2cc3nc(cc4ccc(cc5nc(cc1[nH]2)C=C5)[nH]4)C=C3. The molecule has 3 aromatic rings. The lowest BCUT2D eigenvalue weighted by Gasteiger charge is -1.86. The normalized spacial score (nSPS) is 12.1. The number of nitrogens with zero attached hydrogens (tertiary/aromatic N) is 5. The van der Waals surface area contributed by atoms with Crippen LogP contribution in [0.3, 0.4) is 0 Å². The minimum Gasteiger partial charge on any atom is -0.355 e. The third kappa shape index (κ3) is 2.99. The number of H-pyrrole nitrogens is 2. The molecule has 0 atom stereocenters. The Morgan fingerprint density at radius 3 is 1.85 bits per heavy atom. The van der Waals surface area contributed by atoms with Gasteiger partial charge >= 0.3 is 0 Å². The van der Waals surface area contributed by atoms with Gasteiger partial charge in [-0.3, -0.25) is 0 Å². The molecule has 0 fully saturated rings. The van der Waals surface area contributed by atoms with E-state index in [1.54, 1.807) is 6.07 Å². The molecule has 0 saturated heterocycles. The second kappa shape index (κ2) is 6.01. The van der Waals surface area contributed by atoms with E-state index in [1.165, 1.54) is 0 Å². The van der Waals surface area contributed by atoms with Gasteiger partial charge in [-0.1, -0.05) is 5.11 Å². The molecular weight excluding hydrogens is 338 g/mol. The van der Waals surface area contributed by atoms with E-state index in [0.717, 1.165) is 39.3 Å². The van der Waals surface area contributed by atoms with Crippen molar-refractivity contribution in [3.63, 3.8) is 0 Å². The van der Waals surface area contributed by atoms with Crippen LogP contribution in [-0.4, -0.2) is 19.9 Å². The molecule has 8 bridgehead atoms. The van der Waals surface area contributed by atoms with Crippen LogP contribution in [0, 0.1) is 0 Å². The summed E-state index contributed by atoms with van der Waals surface area (Å²) >= 11 is 0. The van der Waals surface area contributed by atoms with Gasteiger partial charge in [0.15, 0.2) is 0 Å². The summed E-state index contributed by atoms with van der Waals surface area (Å²) in [4.78, 5) is 18.7. The third-order valence-corrected chi connectivity index (χ3v) is 4.30. The van der Waals surface area contributed by atoms with Crippen LogP contribution >= 0.6 is 0 Å². The van der Waals surface area contributed by atoms with E-state index in [4.69, 9.17) is 5.53 Å². The number of nitrogens with one attached hydrogen (secondary N) is 2. The minimum atomic E-state index is 0.522. The summed E-state index contributed by atoms with van der Waals surface area (Å²) in [6.45, 7) is 0. The zero-order valence-electron chi connectivity index (χ0n) is 14.1. The fourth-order valence-corrected chi connectivity index (χ4v) is 3.13.